The molecule has 0 amide bonds. The molecule has 0 aliphatic heterocycles. The molecule has 2 heterocycles. The summed E-state index contributed by atoms with van der Waals surface area (Å²) < 4.78 is 1.65. The number of rotatable bonds is 2. The molecule has 0 unspecified atom stereocenters. The van der Waals surface area contributed by atoms with E-state index in [1.807, 2.05) is 30.6 Å². The molecule has 0 aliphatic carbocycles. The van der Waals surface area contributed by atoms with Gasteiger partial charge in [0.1, 0.15) is 5.15 Å². The van der Waals surface area contributed by atoms with E-state index < -0.39 is 0 Å². The van der Waals surface area contributed by atoms with Crippen LogP contribution in [-0.4, -0.2) is 10.2 Å². The first-order valence-corrected chi connectivity index (χ1v) is 4.40. The van der Waals surface area contributed by atoms with E-state index in [0.717, 1.165) is 0 Å². The highest BCUT2D eigenvalue weighted by Gasteiger charge is 1.92. The van der Waals surface area contributed by atoms with Gasteiger partial charge in [-0.2, -0.15) is 10.1 Å². The molecule has 0 aliphatic rings. The molecule has 2 aromatic rings. The van der Waals surface area contributed by atoms with Gasteiger partial charge in [-0.1, -0.05) is 23.7 Å². The summed E-state index contributed by atoms with van der Waals surface area (Å²) in [7, 11) is 0. The molecule has 0 atom stereocenters. The number of hydrogen-bond acceptors (Lipinski definition) is 2. The smallest absolute Gasteiger partial charge is 0.182 e. The zero-order valence-corrected chi connectivity index (χ0v) is 7.96. The predicted octanol–water partition coefficient (Wildman–Crippen LogP) is 1.89. The van der Waals surface area contributed by atoms with Gasteiger partial charge in [0.15, 0.2) is 12.4 Å². The topological polar surface area (TPSA) is 43.8 Å². The summed E-state index contributed by atoms with van der Waals surface area (Å²) in [6.07, 6.45) is 3.63. The molecule has 2 rings (SSSR count). The van der Waals surface area contributed by atoms with E-state index in [1.165, 1.54) is 0 Å². The lowest BCUT2D eigenvalue weighted by Gasteiger charge is -2.06. The van der Waals surface area contributed by atoms with Crippen LogP contribution in [0.25, 0.3) is 5.43 Å². The highest BCUT2D eigenvalue weighted by molar-refractivity contribution is 6.29. The molecule has 70 valence electrons. The van der Waals surface area contributed by atoms with Gasteiger partial charge in [0, 0.05) is 18.0 Å². The molecule has 0 saturated heterocycles. The molecule has 0 radical (unpaired) electrons. The molecule has 0 saturated carbocycles. The third-order valence-electron chi connectivity index (χ3n) is 1.54. The molecule has 0 spiro atoms. The van der Waals surface area contributed by atoms with Gasteiger partial charge in [0.05, 0.1) is 0 Å². The molecule has 0 bridgehead atoms. The fourth-order valence-corrected chi connectivity index (χ4v) is 1.04. The summed E-state index contributed by atoms with van der Waals surface area (Å²) in [5, 5.41) is 7.85. The molecule has 14 heavy (non-hydrogen) atoms. The van der Waals surface area contributed by atoms with Crippen LogP contribution >= 0.6 is 11.6 Å². The van der Waals surface area contributed by atoms with Crippen molar-refractivity contribution in [3.63, 3.8) is 0 Å². The van der Waals surface area contributed by atoms with Gasteiger partial charge >= 0.3 is 0 Å². The highest BCUT2D eigenvalue weighted by atomic mass is 35.5. The largest absolute Gasteiger partial charge is 0.347 e. The Balaban J connectivity index is 2.16. The Morgan fingerprint density at radius 2 is 1.86 bits per heavy atom. The molecule has 5 heteroatoms. The third-order valence-corrected chi connectivity index (χ3v) is 1.74. The maximum absolute atomic E-state index is 5.59. The number of aromatic nitrogens is 3. The maximum Gasteiger partial charge on any atom is 0.182 e. The van der Waals surface area contributed by atoms with E-state index in [4.69, 9.17) is 11.6 Å². The van der Waals surface area contributed by atoms with Gasteiger partial charge in [0.2, 0.25) is 0 Å². The standard InChI is InChI=1S/C9H7ClN4/c10-8-4-5-9(12-11-8)13-14-6-2-1-3-7-14/h1-7H. The van der Waals surface area contributed by atoms with Crippen LogP contribution in [0.4, 0.5) is 5.82 Å². The third kappa shape index (κ3) is 2.17. The fourth-order valence-electron chi connectivity index (χ4n) is 0.937. The summed E-state index contributed by atoms with van der Waals surface area (Å²) >= 11 is 5.59. The summed E-state index contributed by atoms with van der Waals surface area (Å²) in [6, 6.07) is 9.03. The van der Waals surface area contributed by atoms with Crippen molar-refractivity contribution in [2.24, 2.45) is 0 Å². The van der Waals surface area contributed by atoms with Crippen LogP contribution < -0.4 is 4.68 Å². The molecule has 0 aromatic carbocycles. The molecular weight excluding hydrogens is 200 g/mol. The zero-order valence-electron chi connectivity index (χ0n) is 7.21. The van der Waals surface area contributed by atoms with Gasteiger partial charge in [-0.25, -0.2) is 5.10 Å². The average Bonchev–Trinajstić information content (AvgIpc) is 2.23. The molecular formula is C9H7ClN4. The van der Waals surface area contributed by atoms with Crippen molar-refractivity contribution in [3.05, 3.63) is 53.3 Å². The fraction of sp³-hybridized carbons (Fsp3) is 0. The lowest BCUT2D eigenvalue weighted by molar-refractivity contribution is -0.619. The Morgan fingerprint density at radius 3 is 2.50 bits per heavy atom. The Bertz CT molecular complexity index is 401. The summed E-state index contributed by atoms with van der Waals surface area (Å²) in [4.78, 5) is 0. The minimum absolute atomic E-state index is 0.363. The summed E-state index contributed by atoms with van der Waals surface area (Å²) in [5.74, 6) is 0.519. The van der Waals surface area contributed by atoms with Crippen LogP contribution in [0, 0.1) is 0 Å². The van der Waals surface area contributed by atoms with Crippen LogP contribution in [0.5, 0.6) is 0 Å². The predicted molar refractivity (Wildman–Crippen MR) is 52.1 cm³/mol. The second kappa shape index (κ2) is 4.02. The first-order valence-electron chi connectivity index (χ1n) is 4.02. The lowest BCUT2D eigenvalue weighted by atomic mass is 10.5. The number of hydrogen-bond donors (Lipinski definition) is 0. The molecule has 4 nitrogen and oxygen atoms in total. The second-order valence-electron chi connectivity index (χ2n) is 2.57. The van der Waals surface area contributed by atoms with Crippen molar-refractivity contribution in [1.29, 1.82) is 0 Å². The van der Waals surface area contributed by atoms with E-state index in [0.29, 0.717) is 11.0 Å². The summed E-state index contributed by atoms with van der Waals surface area (Å²) in [5.41, 5.74) is 4.17. The maximum atomic E-state index is 5.59. The van der Waals surface area contributed by atoms with E-state index >= 15 is 0 Å². The van der Waals surface area contributed by atoms with Gasteiger partial charge < -0.3 is 5.10 Å². The molecule has 0 fully saturated rings. The Morgan fingerprint density at radius 1 is 1.07 bits per heavy atom. The molecule has 2 aromatic heterocycles. The van der Waals surface area contributed by atoms with Crippen LogP contribution in [0.3, 0.4) is 0 Å². The normalized spacial score (nSPS) is 9.79. The second-order valence-corrected chi connectivity index (χ2v) is 2.96. The Labute approximate surface area is 86.1 Å². The first-order chi connectivity index (χ1) is 6.84. The van der Waals surface area contributed by atoms with E-state index in [1.54, 1.807) is 16.8 Å². The zero-order chi connectivity index (χ0) is 9.80. The molecule has 0 N–H and O–H groups in total. The van der Waals surface area contributed by atoms with Crippen LogP contribution in [-0.2, 0) is 0 Å². The van der Waals surface area contributed by atoms with Crippen molar-refractivity contribution in [1.82, 2.24) is 10.2 Å². The van der Waals surface area contributed by atoms with Crippen molar-refractivity contribution in [2.45, 2.75) is 0 Å². The minimum atomic E-state index is 0.363. The minimum Gasteiger partial charge on any atom is -0.347 e. The van der Waals surface area contributed by atoms with E-state index in [9.17, 15) is 0 Å². The number of nitrogens with zero attached hydrogens (tertiary/aromatic N) is 4. The van der Waals surface area contributed by atoms with Crippen molar-refractivity contribution in [3.8, 4) is 0 Å². The SMILES string of the molecule is Clc1ccc([N-][n+]2ccccc2)nn1. The van der Waals surface area contributed by atoms with Crippen LogP contribution in [0.1, 0.15) is 0 Å². The number of pyridine rings is 1. The highest BCUT2D eigenvalue weighted by Crippen LogP contribution is 2.11. The van der Waals surface area contributed by atoms with Crippen molar-refractivity contribution in [2.75, 3.05) is 0 Å². The van der Waals surface area contributed by atoms with Gasteiger partial charge in [-0.15, -0.1) is 0 Å². The average molecular weight is 207 g/mol. The van der Waals surface area contributed by atoms with Gasteiger partial charge in [-0.05, 0) is 6.07 Å². The monoisotopic (exact) mass is 206 g/mol. The van der Waals surface area contributed by atoms with Crippen LogP contribution in [0.2, 0.25) is 5.15 Å². The lowest BCUT2D eigenvalue weighted by Crippen LogP contribution is -2.26. The van der Waals surface area contributed by atoms with Crippen molar-refractivity contribution < 1.29 is 4.68 Å². The van der Waals surface area contributed by atoms with Crippen molar-refractivity contribution >= 4 is 17.4 Å². The van der Waals surface area contributed by atoms with Gasteiger partial charge in [-0.3, -0.25) is 0 Å². The number of halogens is 1. The Hall–Kier alpha value is -1.68. The Kier molecular flexibility index (Phi) is 2.55. The van der Waals surface area contributed by atoms with E-state index in [2.05, 4.69) is 15.6 Å². The van der Waals surface area contributed by atoms with Gasteiger partial charge in [0.25, 0.3) is 0 Å². The summed E-state index contributed by atoms with van der Waals surface area (Å²) in [6.45, 7) is 0. The quantitative estimate of drug-likeness (QED) is 0.705. The van der Waals surface area contributed by atoms with Crippen LogP contribution in [0.15, 0.2) is 42.7 Å². The van der Waals surface area contributed by atoms with E-state index in [-0.39, 0.29) is 0 Å². The first kappa shape index (κ1) is 8.90.